The zero-order valence-electron chi connectivity index (χ0n) is 10.2. The van der Waals surface area contributed by atoms with E-state index in [4.69, 9.17) is 0 Å². The monoisotopic (exact) mass is 269 g/mol. The third kappa shape index (κ3) is 3.23. The zero-order valence-corrected chi connectivity index (χ0v) is 11.8. The van der Waals surface area contributed by atoms with Crippen molar-refractivity contribution in [3.8, 4) is 0 Å². The summed E-state index contributed by atoms with van der Waals surface area (Å²) >= 11 is 1.69. The normalized spacial score (nSPS) is 17.1. The molecule has 0 amide bonds. The summed E-state index contributed by atoms with van der Waals surface area (Å²) in [4.78, 5) is 4.07. The van der Waals surface area contributed by atoms with E-state index < -0.39 is 0 Å². The summed E-state index contributed by atoms with van der Waals surface area (Å²) in [6.07, 6.45) is 0. The molecule has 0 bridgehead atoms. The standard InChI is InChI=1S/C12H15N3S.ClH/c1-8-4-5-10(9(2)6-8)11-7-16-12(13-3)15-14-11;/h4-6H,7H2,1-3H3,(H,13,15);1H. The molecule has 0 fully saturated rings. The van der Waals surface area contributed by atoms with Crippen molar-refractivity contribution in [2.45, 2.75) is 13.8 Å². The first-order valence-corrected chi connectivity index (χ1v) is 6.19. The van der Waals surface area contributed by atoms with Crippen molar-refractivity contribution in [1.29, 1.82) is 0 Å². The van der Waals surface area contributed by atoms with Crippen LogP contribution in [-0.4, -0.2) is 23.7 Å². The molecule has 0 aromatic heterocycles. The number of benzene rings is 1. The zero-order chi connectivity index (χ0) is 11.5. The summed E-state index contributed by atoms with van der Waals surface area (Å²) in [5, 5.41) is 5.24. The average Bonchev–Trinajstić information content (AvgIpc) is 2.29. The second kappa shape index (κ2) is 6.07. The van der Waals surface area contributed by atoms with Crippen LogP contribution in [0.25, 0.3) is 0 Å². The van der Waals surface area contributed by atoms with Crippen LogP contribution in [0.15, 0.2) is 28.3 Å². The van der Waals surface area contributed by atoms with E-state index in [1.54, 1.807) is 18.8 Å². The number of aryl methyl sites for hydroxylation is 2. The van der Waals surface area contributed by atoms with Gasteiger partial charge in [-0.15, -0.1) is 12.4 Å². The third-order valence-corrected chi connectivity index (χ3v) is 3.49. The van der Waals surface area contributed by atoms with Crippen LogP contribution >= 0.6 is 24.2 Å². The summed E-state index contributed by atoms with van der Waals surface area (Å²) in [6, 6.07) is 6.45. The first-order valence-electron chi connectivity index (χ1n) is 5.20. The molecule has 1 aliphatic heterocycles. The van der Waals surface area contributed by atoms with Gasteiger partial charge >= 0.3 is 0 Å². The molecule has 0 saturated heterocycles. The van der Waals surface area contributed by atoms with Gasteiger partial charge in [-0.3, -0.25) is 10.4 Å². The smallest absolute Gasteiger partial charge is 0.177 e. The van der Waals surface area contributed by atoms with Crippen LogP contribution in [0.4, 0.5) is 0 Å². The van der Waals surface area contributed by atoms with E-state index in [1.807, 2.05) is 0 Å². The molecule has 3 nitrogen and oxygen atoms in total. The van der Waals surface area contributed by atoms with Crippen LogP contribution in [0.5, 0.6) is 0 Å². The molecule has 5 heteroatoms. The van der Waals surface area contributed by atoms with Crippen LogP contribution in [0.3, 0.4) is 0 Å². The number of thioether (sulfide) groups is 1. The first-order chi connectivity index (χ1) is 7.70. The predicted octanol–water partition coefficient (Wildman–Crippen LogP) is 2.75. The lowest BCUT2D eigenvalue weighted by Gasteiger charge is -2.16. The van der Waals surface area contributed by atoms with Crippen molar-refractivity contribution in [3.63, 3.8) is 0 Å². The number of hydrazone groups is 1. The summed E-state index contributed by atoms with van der Waals surface area (Å²) < 4.78 is 0. The van der Waals surface area contributed by atoms with Gasteiger partial charge in [-0.1, -0.05) is 35.5 Å². The van der Waals surface area contributed by atoms with Gasteiger partial charge in [-0.25, -0.2) is 0 Å². The maximum absolute atomic E-state index is 4.36. The Morgan fingerprint density at radius 1 is 1.35 bits per heavy atom. The molecule has 0 saturated carbocycles. The van der Waals surface area contributed by atoms with Gasteiger partial charge < -0.3 is 0 Å². The molecule has 1 aromatic carbocycles. The maximum Gasteiger partial charge on any atom is 0.177 e. The van der Waals surface area contributed by atoms with Crippen LogP contribution in [0.2, 0.25) is 0 Å². The highest BCUT2D eigenvalue weighted by atomic mass is 35.5. The van der Waals surface area contributed by atoms with Crippen molar-refractivity contribution >= 4 is 35.0 Å². The number of rotatable bonds is 1. The number of aliphatic imine (C=N–C) groups is 1. The minimum absolute atomic E-state index is 0. The molecular weight excluding hydrogens is 254 g/mol. The quantitative estimate of drug-likeness (QED) is 0.851. The van der Waals surface area contributed by atoms with E-state index in [0.717, 1.165) is 16.6 Å². The highest BCUT2D eigenvalue weighted by Crippen LogP contribution is 2.17. The number of hydrogen-bond acceptors (Lipinski definition) is 3. The lowest BCUT2D eigenvalue weighted by Crippen LogP contribution is -2.25. The molecule has 1 heterocycles. The van der Waals surface area contributed by atoms with Gasteiger partial charge in [-0.2, -0.15) is 5.10 Å². The fraction of sp³-hybridized carbons (Fsp3) is 0.333. The summed E-state index contributed by atoms with van der Waals surface area (Å²) in [7, 11) is 1.77. The Balaban J connectivity index is 0.00000144. The highest BCUT2D eigenvalue weighted by molar-refractivity contribution is 8.14. The molecule has 0 radical (unpaired) electrons. The maximum atomic E-state index is 4.36. The fourth-order valence-electron chi connectivity index (χ4n) is 1.71. The van der Waals surface area contributed by atoms with Gasteiger partial charge in [0.05, 0.1) is 5.71 Å². The van der Waals surface area contributed by atoms with Crippen molar-refractivity contribution < 1.29 is 0 Å². The minimum Gasteiger partial charge on any atom is -0.265 e. The van der Waals surface area contributed by atoms with Crippen LogP contribution in [-0.2, 0) is 0 Å². The van der Waals surface area contributed by atoms with E-state index in [1.165, 1.54) is 16.7 Å². The highest BCUT2D eigenvalue weighted by Gasteiger charge is 2.13. The second-order valence-electron chi connectivity index (χ2n) is 3.81. The number of amidine groups is 1. The van der Waals surface area contributed by atoms with Crippen molar-refractivity contribution in [2.75, 3.05) is 12.8 Å². The molecule has 0 spiro atoms. The Morgan fingerprint density at radius 2 is 2.12 bits per heavy atom. The van der Waals surface area contributed by atoms with Crippen LogP contribution in [0, 0.1) is 13.8 Å². The molecule has 92 valence electrons. The Bertz CT molecular complexity index is 469. The predicted molar refractivity (Wildman–Crippen MR) is 78.7 cm³/mol. The molecule has 0 unspecified atom stereocenters. The van der Waals surface area contributed by atoms with Gasteiger partial charge in [0, 0.05) is 18.4 Å². The van der Waals surface area contributed by atoms with Gasteiger partial charge in [0.2, 0.25) is 0 Å². The minimum atomic E-state index is 0. The van der Waals surface area contributed by atoms with E-state index in [-0.39, 0.29) is 12.4 Å². The molecular formula is C12H16ClN3S. The Morgan fingerprint density at radius 3 is 2.65 bits per heavy atom. The number of nitrogens with zero attached hydrogens (tertiary/aromatic N) is 2. The average molecular weight is 270 g/mol. The van der Waals surface area contributed by atoms with E-state index >= 15 is 0 Å². The molecule has 17 heavy (non-hydrogen) atoms. The van der Waals surface area contributed by atoms with E-state index in [2.05, 4.69) is 47.6 Å². The number of nitrogens with one attached hydrogen (secondary N) is 1. The van der Waals surface area contributed by atoms with Crippen LogP contribution < -0.4 is 5.43 Å². The van der Waals surface area contributed by atoms with Gasteiger partial charge in [0.15, 0.2) is 5.17 Å². The van der Waals surface area contributed by atoms with Crippen LogP contribution in [0.1, 0.15) is 16.7 Å². The van der Waals surface area contributed by atoms with Gasteiger partial charge in [0.1, 0.15) is 0 Å². The van der Waals surface area contributed by atoms with Gasteiger partial charge in [-0.05, 0) is 19.4 Å². The molecule has 0 atom stereocenters. The Labute approximate surface area is 112 Å². The topological polar surface area (TPSA) is 36.8 Å². The summed E-state index contributed by atoms with van der Waals surface area (Å²) in [6.45, 7) is 4.23. The van der Waals surface area contributed by atoms with E-state index in [0.29, 0.717) is 0 Å². The number of halogens is 1. The summed E-state index contributed by atoms with van der Waals surface area (Å²) in [5.74, 6) is 0.879. The molecule has 1 aromatic rings. The Kier molecular flexibility index (Phi) is 5.02. The molecule has 2 rings (SSSR count). The second-order valence-corrected chi connectivity index (χ2v) is 4.77. The number of hydrogen-bond donors (Lipinski definition) is 1. The summed E-state index contributed by atoms with van der Waals surface area (Å²) in [5.41, 5.74) is 7.84. The van der Waals surface area contributed by atoms with Crippen molar-refractivity contribution in [1.82, 2.24) is 5.43 Å². The fourth-order valence-corrected chi connectivity index (χ4v) is 2.44. The Hall–Kier alpha value is -1.000. The third-order valence-electron chi connectivity index (χ3n) is 2.53. The first kappa shape index (κ1) is 14.1. The molecule has 1 aliphatic rings. The largest absolute Gasteiger partial charge is 0.265 e. The molecule has 1 N–H and O–H groups in total. The van der Waals surface area contributed by atoms with Crippen molar-refractivity contribution in [2.24, 2.45) is 10.1 Å². The lowest BCUT2D eigenvalue weighted by molar-refractivity contribution is 1.03. The van der Waals surface area contributed by atoms with Crippen molar-refractivity contribution in [3.05, 3.63) is 34.9 Å². The molecule has 0 aliphatic carbocycles. The van der Waals surface area contributed by atoms with E-state index in [9.17, 15) is 0 Å². The van der Waals surface area contributed by atoms with Gasteiger partial charge in [0.25, 0.3) is 0 Å². The lowest BCUT2D eigenvalue weighted by atomic mass is 10.0. The SMILES string of the molecule is CN=C1NN=C(c2ccc(C)cc2C)CS1.Cl.